The van der Waals surface area contributed by atoms with Gasteiger partial charge in [0.2, 0.25) is 0 Å². The van der Waals surface area contributed by atoms with Gasteiger partial charge in [-0.2, -0.15) is 0 Å². The Morgan fingerprint density at radius 3 is 2.94 bits per heavy atom. The summed E-state index contributed by atoms with van der Waals surface area (Å²) >= 11 is 3.34. The highest BCUT2D eigenvalue weighted by Crippen LogP contribution is 2.31. The largest absolute Gasteiger partial charge is 0.316 e. The van der Waals surface area contributed by atoms with Gasteiger partial charge in [-0.1, -0.05) is 6.92 Å². The normalized spacial score (nSPS) is 23.9. The van der Waals surface area contributed by atoms with E-state index in [9.17, 15) is 4.79 Å². The second-order valence-electron chi connectivity index (χ2n) is 4.63. The molecule has 0 amide bonds. The van der Waals surface area contributed by atoms with Crippen LogP contribution in [0, 0.1) is 5.41 Å². The highest BCUT2D eigenvalue weighted by atomic mass is 79.9. The lowest BCUT2D eigenvalue weighted by molar-refractivity contribution is -0.127. The van der Waals surface area contributed by atoms with Crippen LogP contribution >= 0.6 is 15.9 Å². The van der Waals surface area contributed by atoms with Crippen molar-refractivity contribution in [3.63, 3.8) is 0 Å². The van der Waals surface area contributed by atoms with Crippen LogP contribution in [0.25, 0.3) is 0 Å². The number of pyridine rings is 1. The Morgan fingerprint density at radius 2 is 2.41 bits per heavy atom. The summed E-state index contributed by atoms with van der Waals surface area (Å²) in [5.41, 5.74) is 0.701. The molecule has 92 valence electrons. The molecule has 0 radical (unpaired) electrons. The number of hydrogen-bond donors (Lipinski definition) is 1. The average Bonchev–Trinajstić information content (AvgIpc) is 2.82. The lowest BCUT2D eigenvalue weighted by Gasteiger charge is -2.24. The summed E-state index contributed by atoms with van der Waals surface area (Å²) in [5.74, 6) is 0.319. The van der Waals surface area contributed by atoms with Crippen LogP contribution in [0.15, 0.2) is 22.8 Å². The van der Waals surface area contributed by atoms with Crippen LogP contribution in [0.3, 0.4) is 0 Å². The second-order valence-corrected chi connectivity index (χ2v) is 5.54. The third-order valence-corrected chi connectivity index (χ3v) is 4.11. The van der Waals surface area contributed by atoms with Gasteiger partial charge < -0.3 is 5.32 Å². The minimum Gasteiger partial charge on any atom is -0.316 e. The van der Waals surface area contributed by atoms with E-state index < -0.39 is 0 Å². The molecular formula is C13H17BrN2O. The lowest BCUT2D eigenvalue weighted by atomic mass is 9.78. The van der Waals surface area contributed by atoms with Crippen LogP contribution in [-0.4, -0.2) is 23.9 Å². The zero-order chi connectivity index (χ0) is 12.3. The van der Waals surface area contributed by atoms with Gasteiger partial charge in [0.25, 0.3) is 0 Å². The fourth-order valence-corrected chi connectivity index (χ4v) is 2.58. The third kappa shape index (κ3) is 2.75. The van der Waals surface area contributed by atoms with Gasteiger partial charge in [0, 0.05) is 34.7 Å². The van der Waals surface area contributed by atoms with Crippen molar-refractivity contribution in [3.8, 4) is 0 Å². The Labute approximate surface area is 110 Å². The molecule has 0 aliphatic carbocycles. The molecule has 2 heterocycles. The topological polar surface area (TPSA) is 42.0 Å². The van der Waals surface area contributed by atoms with Gasteiger partial charge in [0.1, 0.15) is 5.78 Å². The van der Waals surface area contributed by atoms with E-state index in [1.807, 2.05) is 12.1 Å². The van der Waals surface area contributed by atoms with Crippen LogP contribution < -0.4 is 5.32 Å². The molecule has 2 rings (SSSR count). The van der Waals surface area contributed by atoms with Gasteiger partial charge in [-0.15, -0.1) is 0 Å². The van der Waals surface area contributed by atoms with Crippen LogP contribution in [-0.2, 0) is 11.2 Å². The molecule has 3 nitrogen and oxygen atoms in total. The Bertz CT molecular complexity index is 396. The summed E-state index contributed by atoms with van der Waals surface area (Å²) in [5, 5.41) is 3.29. The lowest BCUT2D eigenvalue weighted by Crippen LogP contribution is -2.34. The Hall–Kier alpha value is -0.740. The fourth-order valence-electron chi connectivity index (χ4n) is 2.34. The minimum absolute atomic E-state index is 0.158. The van der Waals surface area contributed by atoms with E-state index in [0.29, 0.717) is 12.2 Å². The summed E-state index contributed by atoms with van der Waals surface area (Å²) in [7, 11) is 0. The highest BCUT2D eigenvalue weighted by molar-refractivity contribution is 9.10. The van der Waals surface area contributed by atoms with E-state index in [0.717, 1.165) is 36.1 Å². The molecule has 1 N–H and O–H groups in total. The number of halogens is 1. The van der Waals surface area contributed by atoms with Gasteiger partial charge >= 0.3 is 0 Å². The first-order valence-corrected chi connectivity index (χ1v) is 6.80. The molecule has 17 heavy (non-hydrogen) atoms. The van der Waals surface area contributed by atoms with E-state index in [1.165, 1.54) is 0 Å². The van der Waals surface area contributed by atoms with E-state index in [-0.39, 0.29) is 5.41 Å². The molecule has 1 aliphatic heterocycles. The van der Waals surface area contributed by atoms with Crippen molar-refractivity contribution < 1.29 is 4.79 Å². The summed E-state index contributed by atoms with van der Waals surface area (Å²) in [6, 6.07) is 3.84. The van der Waals surface area contributed by atoms with Gasteiger partial charge in [-0.3, -0.25) is 9.78 Å². The maximum atomic E-state index is 12.4. The van der Waals surface area contributed by atoms with Gasteiger partial charge in [-0.25, -0.2) is 0 Å². The molecule has 0 spiro atoms. The van der Waals surface area contributed by atoms with E-state index in [2.05, 4.69) is 33.2 Å². The number of ketones is 1. The molecule has 1 aromatic rings. The van der Waals surface area contributed by atoms with Crippen molar-refractivity contribution in [1.82, 2.24) is 10.3 Å². The van der Waals surface area contributed by atoms with Gasteiger partial charge in [0.05, 0.1) is 0 Å². The summed E-state index contributed by atoms with van der Waals surface area (Å²) in [6.45, 7) is 3.87. The fraction of sp³-hybridized carbons (Fsp3) is 0.538. The van der Waals surface area contributed by atoms with Gasteiger partial charge in [-0.05, 0) is 47.4 Å². The average molecular weight is 297 g/mol. The molecule has 1 fully saturated rings. The van der Waals surface area contributed by atoms with Crippen molar-refractivity contribution in [2.75, 3.05) is 13.1 Å². The Morgan fingerprint density at radius 1 is 1.59 bits per heavy atom. The maximum absolute atomic E-state index is 12.4. The Balaban J connectivity index is 2.08. The summed E-state index contributed by atoms with van der Waals surface area (Å²) < 4.78 is 0.946. The van der Waals surface area contributed by atoms with Crippen LogP contribution in [0.5, 0.6) is 0 Å². The smallest absolute Gasteiger partial charge is 0.146 e. The molecule has 1 unspecified atom stereocenters. The van der Waals surface area contributed by atoms with E-state index in [4.69, 9.17) is 0 Å². The zero-order valence-corrected chi connectivity index (χ0v) is 11.6. The number of nitrogens with one attached hydrogen (secondary N) is 1. The van der Waals surface area contributed by atoms with Crippen molar-refractivity contribution in [3.05, 3.63) is 28.5 Å². The first kappa shape index (κ1) is 12.7. The molecule has 4 heteroatoms. The number of rotatable bonds is 4. The number of carbonyl (C=O) groups excluding carboxylic acids is 1. The van der Waals surface area contributed by atoms with Crippen molar-refractivity contribution in [2.45, 2.75) is 26.2 Å². The minimum atomic E-state index is -0.158. The van der Waals surface area contributed by atoms with Crippen LogP contribution in [0.4, 0.5) is 0 Å². The van der Waals surface area contributed by atoms with Crippen molar-refractivity contribution in [1.29, 1.82) is 0 Å². The second kappa shape index (κ2) is 5.27. The SMILES string of the molecule is CCC1(C(=O)Cc2ccc(Br)cn2)CCNC1. The molecule has 0 saturated carbocycles. The zero-order valence-electron chi connectivity index (χ0n) is 10.0. The van der Waals surface area contributed by atoms with Crippen molar-refractivity contribution in [2.24, 2.45) is 5.41 Å². The van der Waals surface area contributed by atoms with Crippen LogP contribution in [0.2, 0.25) is 0 Å². The van der Waals surface area contributed by atoms with Gasteiger partial charge in [0.15, 0.2) is 0 Å². The highest BCUT2D eigenvalue weighted by Gasteiger charge is 2.38. The quantitative estimate of drug-likeness (QED) is 0.927. The Kier molecular flexibility index (Phi) is 3.94. The van der Waals surface area contributed by atoms with Crippen molar-refractivity contribution >= 4 is 21.7 Å². The summed E-state index contributed by atoms with van der Waals surface area (Å²) in [4.78, 5) is 16.6. The molecule has 1 aliphatic rings. The number of aromatic nitrogens is 1. The monoisotopic (exact) mass is 296 g/mol. The van der Waals surface area contributed by atoms with E-state index >= 15 is 0 Å². The maximum Gasteiger partial charge on any atom is 0.146 e. The first-order valence-electron chi connectivity index (χ1n) is 6.01. The number of hydrogen-bond acceptors (Lipinski definition) is 3. The molecule has 0 aromatic carbocycles. The molecule has 0 bridgehead atoms. The number of carbonyl (C=O) groups is 1. The first-order chi connectivity index (χ1) is 8.16. The number of Topliss-reactive ketones (excluding diaryl/α,β-unsaturated/α-hetero) is 1. The molecule has 1 atom stereocenters. The predicted molar refractivity (Wildman–Crippen MR) is 70.9 cm³/mol. The molecular weight excluding hydrogens is 280 g/mol. The number of nitrogens with zero attached hydrogens (tertiary/aromatic N) is 1. The standard InChI is InChI=1S/C13H17BrN2O/c1-2-13(5-6-15-9-13)12(17)7-11-4-3-10(14)8-16-11/h3-4,8,15H,2,5-7,9H2,1H3. The van der Waals surface area contributed by atoms with E-state index in [1.54, 1.807) is 6.20 Å². The van der Waals surface area contributed by atoms with Crippen LogP contribution in [0.1, 0.15) is 25.5 Å². The summed E-state index contributed by atoms with van der Waals surface area (Å²) in [6.07, 6.45) is 4.06. The molecule has 1 aromatic heterocycles. The molecule has 1 saturated heterocycles. The third-order valence-electron chi connectivity index (χ3n) is 3.64. The predicted octanol–water partition coefficient (Wildman–Crippen LogP) is 2.35.